The van der Waals surface area contributed by atoms with Crippen LogP contribution in [0.1, 0.15) is 12.8 Å². The molecule has 0 aliphatic rings. The van der Waals surface area contributed by atoms with Gasteiger partial charge in [-0.2, -0.15) is 9.29 Å². The largest absolute Gasteiger partial charge is 0.338 e. The van der Waals surface area contributed by atoms with Crippen molar-refractivity contribution in [2.24, 2.45) is 0 Å². The number of carbonyl (C=O) groups is 1. The quantitative estimate of drug-likeness (QED) is 0.571. The molecule has 3 rings (SSSR count). The molecule has 29 heavy (non-hydrogen) atoms. The first-order valence-corrected chi connectivity index (χ1v) is 11.3. The lowest BCUT2D eigenvalue weighted by Gasteiger charge is -2.17. The maximum Gasteiger partial charge on any atom is 0.243 e. The summed E-state index contributed by atoms with van der Waals surface area (Å²) in [5, 5.41) is 6.57. The van der Waals surface area contributed by atoms with E-state index in [1.54, 1.807) is 6.07 Å². The van der Waals surface area contributed by atoms with Crippen molar-refractivity contribution in [3.63, 3.8) is 0 Å². The van der Waals surface area contributed by atoms with Gasteiger partial charge in [0, 0.05) is 24.4 Å². The molecule has 0 aliphatic carbocycles. The summed E-state index contributed by atoms with van der Waals surface area (Å²) < 4.78 is 32.3. The summed E-state index contributed by atoms with van der Waals surface area (Å²) >= 11 is 1.41. The summed E-state index contributed by atoms with van der Waals surface area (Å²) in [6.07, 6.45) is 1.85. The maximum atomic E-state index is 13.0. The molecule has 1 aromatic heterocycles. The number of benzene rings is 2. The molecular weight excluding hydrogens is 412 g/mol. The Labute approximate surface area is 173 Å². The number of rotatable bonds is 7. The Bertz CT molecular complexity index is 1110. The molecule has 0 radical (unpaired) electrons. The zero-order chi connectivity index (χ0) is 21.0. The minimum absolute atomic E-state index is 0.0596. The normalized spacial score (nSPS) is 11.6. The van der Waals surface area contributed by atoms with Crippen LogP contribution in [0.5, 0.6) is 0 Å². The predicted octanol–water partition coefficient (Wildman–Crippen LogP) is 3.24. The Kier molecular flexibility index (Phi) is 6.36. The van der Waals surface area contributed by atoms with Crippen molar-refractivity contribution >= 4 is 33.4 Å². The van der Waals surface area contributed by atoms with E-state index in [9.17, 15) is 13.2 Å². The third kappa shape index (κ3) is 4.84. The van der Waals surface area contributed by atoms with Gasteiger partial charge in [-0.1, -0.05) is 35.5 Å². The van der Waals surface area contributed by atoms with Gasteiger partial charge in [-0.05, 0) is 24.5 Å². The molecule has 0 fully saturated rings. The second-order valence-corrected chi connectivity index (χ2v) is 9.08. The van der Waals surface area contributed by atoms with E-state index in [2.05, 4.69) is 15.5 Å². The SMILES string of the molecule is CSc1ccc(S(=O)(=O)N(C)Cc2nc(-c3ccccc3)no2)cc1NC(C)=O. The predicted molar refractivity (Wildman–Crippen MR) is 111 cm³/mol. The summed E-state index contributed by atoms with van der Waals surface area (Å²) in [6, 6.07) is 13.9. The van der Waals surface area contributed by atoms with Crippen molar-refractivity contribution in [3.05, 3.63) is 54.4 Å². The molecule has 3 aromatic rings. The molecule has 0 saturated heterocycles. The van der Waals surface area contributed by atoms with Crippen LogP contribution in [0.3, 0.4) is 0 Å². The topological polar surface area (TPSA) is 105 Å². The molecule has 10 heteroatoms. The fourth-order valence-corrected chi connectivity index (χ4v) is 4.29. The van der Waals surface area contributed by atoms with E-state index >= 15 is 0 Å². The summed E-state index contributed by atoms with van der Waals surface area (Å²) in [7, 11) is -2.40. The molecule has 0 aliphatic heterocycles. The number of amides is 1. The molecular formula is C19H20N4O4S2. The van der Waals surface area contributed by atoms with Gasteiger partial charge in [0.25, 0.3) is 0 Å². The van der Waals surface area contributed by atoms with Crippen LogP contribution in [-0.4, -0.2) is 42.1 Å². The summed E-state index contributed by atoms with van der Waals surface area (Å²) in [5.41, 5.74) is 1.23. The number of anilines is 1. The van der Waals surface area contributed by atoms with Crippen molar-refractivity contribution in [3.8, 4) is 11.4 Å². The smallest absolute Gasteiger partial charge is 0.243 e. The standard InChI is InChI=1S/C19H20N4O4S2/c1-13(24)20-16-11-15(9-10-17(16)28-3)29(25,26)23(2)12-18-21-19(22-27-18)14-7-5-4-6-8-14/h4-11H,12H2,1-3H3,(H,20,24). The van der Waals surface area contributed by atoms with Crippen LogP contribution in [0.4, 0.5) is 5.69 Å². The average molecular weight is 433 g/mol. The monoisotopic (exact) mass is 432 g/mol. The number of hydrogen-bond donors (Lipinski definition) is 1. The van der Waals surface area contributed by atoms with E-state index < -0.39 is 10.0 Å². The highest BCUT2D eigenvalue weighted by atomic mass is 32.2. The van der Waals surface area contributed by atoms with Crippen LogP contribution >= 0.6 is 11.8 Å². The number of nitrogens with zero attached hydrogens (tertiary/aromatic N) is 3. The molecule has 0 spiro atoms. The fourth-order valence-electron chi connectivity index (χ4n) is 2.61. The molecule has 2 aromatic carbocycles. The van der Waals surface area contributed by atoms with Gasteiger partial charge in [0.1, 0.15) is 0 Å². The molecule has 8 nitrogen and oxygen atoms in total. The van der Waals surface area contributed by atoms with Crippen molar-refractivity contribution < 1.29 is 17.7 Å². The first kappa shape index (κ1) is 21.0. The Morgan fingerprint density at radius 2 is 1.93 bits per heavy atom. The van der Waals surface area contributed by atoms with Gasteiger partial charge in [-0.15, -0.1) is 11.8 Å². The molecule has 0 atom stereocenters. The van der Waals surface area contributed by atoms with Crippen LogP contribution in [0.15, 0.2) is 62.8 Å². The average Bonchev–Trinajstić information content (AvgIpc) is 3.16. The van der Waals surface area contributed by atoms with Gasteiger partial charge < -0.3 is 9.84 Å². The number of nitrogens with one attached hydrogen (secondary N) is 1. The highest BCUT2D eigenvalue weighted by Crippen LogP contribution is 2.29. The molecule has 152 valence electrons. The lowest BCUT2D eigenvalue weighted by molar-refractivity contribution is -0.114. The van der Waals surface area contributed by atoms with Crippen LogP contribution in [0.2, 0.25) is 0 Å². The van der Waals surface area contributed by atoms with Gasteiger partial charge in [0.2, 0.25) is 27.6 Å². The van der Waals surface area contributed by atoms with E-state index in [-0.39, 0.29) is 23.2 Å². The van der Waals surface area contributed by atoms with Crippen LogP contribution in [0.25, 0.3) is 11.4 Å². The minimum atomic E-state index is -3.83. The van der Waals surface area contributed by atoms with E-state index in [4.69, 9.17) is 4.52 Å². The summed E-state index contributed by atoms with van der Waals surface area (Å²) in [5.74, 6) is 0.295. The second kappa shape index (κ2) is 8.76. The van der Waals surface area contributed by atoms with Gasteiger partial charge in [-0.25, -0.2) is 8.42 Å². The van der Waals surface area contributed by atoms with Crippen molar-refractivity contribution in [1.82, 2.24) is 14.4 Å². The number of aromatic nitrogens is 2. The highest BCUT2D eigenvalue weighted by Gasteiger charge is 2.24. The van der Waals surface area contributed by atoms with Crippen molar-refractivity contribution in [2.45, 2.75) is 23.3 Å². The van der Waals surface area contributed by atoms with Gasteiger partial charge in [0.15, 0.2) is 0 Å². The Balaban J connectivity index is 1.82. The fraction of sp³-hybridized carbons (Fsp3) is 0.211. The van der Waals surface area contributed by atoms with E-state index in [0.717, 1.165) is 14.8 Å². The molecule has 0 saturated carbocycles. The van der Waals surface area contributed by atoms with Gasteiger partial charge in [0.05, 0.1) is 17.1 Å². The molecule has 1 heterocycles. The Morgan fingerprint density at radius 1 is 1.21 bits per heavy atom. The van der Waals surface area contributed by atoms with Crippen LogP contribution in [0, 0.1) is 0 Å². The van der Waals surface area contributed by atoms with E-state index in [1.165, 1.54) is 37.9 Å². The number of thioether (sulfide) groups is 1. The number of hydrogen-bond acceptors (Lipinski definition) is 7. The lowest BCUT2D eigenvalue weighted by atomic mass is 10.2. The van der Waals surface area contributed by atoms with Gasteiger partial charge >= 0.3 is 0 Å². The molecule has 1 amide bonds. The van der Waals surface area contributed by atoms with Crippen molar-refractivity contribution in [2.75, 3.05) is 18.6 Å². The highest BCUT2D eigenvalue weighted by molar-refractivity contribution is 7.98. The number of sulfonamides is 1. The third-order valence-electron chi connectivity index (χ3n) is 4.05. The van der Waals surface area contributed by atoms with E-state index in [0.29, 0.717) is 11.5 Å². The van der Waals surface area contributed by atoms with Crippen LogP contribution < -0.4 is 5.32 Å². The Morgan fingerprint density at radius 3 is 2.59 bits per heavy atom. The zero-order valence-corrected chi connectivity index (χ0v) is 17.8. The maximum absolute atomic E-state index is 13.0. The van der Waals surface area contributed by atoms with Crippen LogP contribution in [-0.2, 0) is 21.4 Å². The minimum Gasteiger partial charge on any atom is -0.338 e. The molecule has 0 bridgehead atoms. The second-order valence-electron chi connectivity index (χ2n) is 6.18. The van der Waals surface area contributed by atoms with Crippen molar-refractivity contribution in [1.29, 1.82) is 0 Å². The molecule has 1 N–H and O–H groups in total. The first-order valence-electron chi connectivity index (χ1n) is 8.61. The summed E-state index contributed by atoms with van der Waals surface area (Å²) in [4.78, 5) is 16.5. The first-order chi connectivity index (χ1) is 13.8. The lowest BCUT2D eigenvalue weighted by Crippen LogP contribution is -2.26. The van der Waals surface area contributed by atoms with E-state index in [1.807, 2.05) is 36.6 Å². The van der Waals surface area contributed by atoms with Gasteiger partial charge in [-0.3, -0.25) is 4.79 Å². The number of carbonyl (C=O) groups excluding carboxylic acids is 1. The summed E-state index contributed by atoms with van der Waals surface area (Å²) in [6.45, 7) is 1.29. The molecule has 0 unspecified atom stereocenters. The zero-order valence-electron chi connectivity index (χ0n) is 16.1. The Hall–Kier alpha value is -2.69. The third-order valence-corrected chi connectivity index (χ3v) is 6.64.